The summed E-state index contributed by atoms with van der Waals surface area (Å²) in [5.41, 5.74) is 1.21. The zero-order valence-corrected chi connectivity index (χ0v) is 13.8. The van der Waals surface area contributed by atoms with Gasteiger partial charge in [-0.25, -0.2) is 0 Å². The minimum absolute atomic E-state index is 0.0713. The van der Waals surface area contributed by atoms with Crippen LogP contribution in [0.15, 0.2) is 11.4 Å². The molecule has 0 spiro atoms. The van der Waals surface area contributed by atoms with Crippen LogP contribution in [0.4, 0.5) is 0 Å². The van der Waals surface area contributed by atoms with Gasteiger partial charge < -0.3 is 14.7 Å². The predicted molar refractivity (Wildman–Crippen MR) is 86.0 cm³/mol. The summed E-state index contributed by atoms with van der Waals surface area (Å²) in [6, 6.07) is 2.09. The van der Waals surface area contributed by atoms with Gasteiger partial charge in [0.15, 0.2) is 0 Å². The molecule has 3 heterocycles. The maximum Gasteiger partial charge on any atom is 0.225 e. The van der Waals surface area contributed by atoms with Gasteiger partial charge in [0.25, 0.3) is 0 Å². The van der Waals surface area contributed by atoms with Crippen molar-refractivity contribution >= 4 is 17.2 Å². The second-order valence-electron chi connectivity index (χ2n) is 6.14. The Bertz CT molecular complexity index is 509. The Hall–Kier alpha value is -0.950. The van der Waals surface area contributed by atoms with Gasteiger partial charge in [-0.2, -0.15) is 0 Å². The summed E-state index contributed by atoms with van der Waals surface area (Å²) in [7, 11) is 0. The highest BCUT2D eigenvalue weighted by atomic mass is 32.1. The van der Waals surface area contributed by atoms with Crippen molar-refractivity contribution in [2.75, 3.05) is 39.3 Å². The number of β-amino-alcohol motifs (C(OH)–C–C–N with tert-alkyl or cyclic N) is 1. The first kappa shape index (κ1) is 15.9. The number of fused-ring (bicyclic) bond motifs is 1. The molecule has 122 valence electrons. The van der Waals surface area contributed by atoms with Crippen molar-refractivity contribution in [2.24, 2.45) is 0 Å². The number of carbonyl (C=O) groups is 1. The Morgan fingerprint density at radius 2 is 2.23 bits per heavy atom. The molecule has 2 atom stereocenters. The van der Waals surface area contributed by atoms with Crippen LogP contribution in [0.1, 0.15) is 29.9 Å². The first-order valence-electron chi connectivity index (χ1n) is 7.99. The SMILES string of the molecule is C[C@H](O)CN1CCN(C(=O)C[C@@H]2OCCc3sccc32)CC1. The monoisotopic (exact) mass is 324 g/mol. The summed E-state index contributed by atoms with van der Waals surface area (Å²) >= 11 is 1.76. The molecule has 22 heavy (non-hydrogen) atoms. The van der Waals surface area contributed by atoms with E-state index >= 15 is 0 Å². The number of nitrogens with zero attached hydrogens (tertiary/aromatic N) is 2. The number of amides is 1. The highest BCUT2D eigenvalue weighted by molar-refractivity contribution is 7.10. The number of hydrogen-bond donors (Lipinski definition) is 1. The van der Waals surface area contributed by atoms with Gasteiger partial charge in [0.05, 0.1) is 25.2 Å². The lowest BCUT2D eigenvalue weighted by atomic mass is 10.0. The van der Waals surface area contributed by atoms with Gasteiger partial charge >= 0.3 is 0 Å². The highest BCUT2D eigenvalue weighted by Crippen LogP contribution is 2.33. The number of thiophene rings is 1. The summed E-state index contributed by atoms with van der Waals surface area (Å²) in [6.45, 7) is 6.37. The molecule has 0 aliphatic carbocycles. The van der Waals surface area contributed by atoms with Crippen LogP contribution in [0, 0.1) is 0 Å². The number of aliphatic hydroxyl groups is 1. The van der Waals surface area contributed by atoms with Crippen molar-refractivity contribution in [3.8, 4) is 0 Å². The third-order valence-electron chi connectivity index (χ3n) is 4.38. The average Bonchev–Trinajstić information content (AvgIpc) is 2.97. The smallest absolute Gasteiger partial charge is 0.225 e. The van der Waals surface area contributed by atoms with Crippen LogP contribution in [0.25, 0.3) is 0 Å². The van der Waals surface area contributed by atoms with Gasteiger partial charge in [-0.15, -0.1) is 11.3 Å². The fraction of sp³-hybridized carbons (Fsp3) is 0.688. The fourth-order valence-corrected chi connectivity index (χ4v) is 4.15. The van der Waals surface area contributed by atoms with Crippen molar-refractivity contribution < 1.29 is 14.6 Å². The van der Waals surface area contributed by atoms with E-state index in [0.29, 0.717) is 19.6 Å². The van der Waals surface area contributed by atoms with Gasteiger partial charge in [-0.1, -0.05) is 0 Å². The van der Waals surface area contributed by atoms with Crippen LogP contribution >= 0.6 is 11.3 Å². The first-order valence-corrected chi connectivity index (χ1v) is 8.87. The van der Waals surface area contributed by atoms with Crippen LogP contribution in [-0.4, -0.2) is 66.2 Å². The van der Waals surface area contributed by atoms with Crippen molar-refractivity contribution in [1.29, 1.82) is 0 Å². The van der Waals surface area contributed by atoms with E-state index in [1.165, 1.54) is 10.4 Å². The van der Waals surface area contributed by atoms with Crippen LogP contribution in [-0.2, 0) is 16.0 Å². The van der Waals surface area contributed by atoms with Crippen molar-refractivity contribution in [3.05, 3.63) is 21.9 Å². The Labute approximate surface area is 135 Å². The molecule has 5 nitrogen and oxygen atoms in total. The maximum absolute atomic E-state index is 12.5. The zero-order valence-electron chi connectivity index (χ0n) is 13.0. The maximum atomic E-state index is 12.5. The van der Waals surface area contributed by atoms with E-state index in [1.807, 2.05) is 4.90 Å². The standard InChI is InChI=1S/C16H24N2O3S/c1-12(19)11-17-4-6-18(7-5-17)16(20)10-14-13-3-9-22-15(13)2-8-21-14/h3,9,12,14,19H,2,4-8,10-11H2,1H3/t12-,14-/m0/s1. The average molecular weight is 324 g/mol. The van der Waals surface area contributed by atoms with E-state index in [4.69, 9.17) is 4.74 Å². The van der Waals surface area contributed by atoms with Crippen LogP contribution in [0.2, 0.25) is 0 Å². The molecule has 0 unspecified atom stereocenters. The molecule has 0 radical (unpaired) electrons. The van der Waals surface area contributed by atoms with E-state index in [9.17, 15) is 9.90 Å². The summed E-state index contributed by atoms with van der Waals surface area (Å²) in [5, 5.41) is 11.5. The van der Waals surface area contributed by atoms with E-state index in [0.717, 1.165) is 32.6 Å². The summed E-state index contributed by atoms with van der Waals surface area (Å²) < 4.78 is 5.81. The quantitative estimate of drug-likeness (QED) is 0.906. The van der Waals surface area contributed by atoms with Gasteiger partial charge in [0.1, 0.15) is 0 Å². The zero-order chi connectivity index (χ0) is 15.5. The number of ether oxygens (including phenoxy) is 1. The third-order valence-corrected chi connectivity index (χ3v) is 5.38. The Morgan fingerprint density at radius 1 is 1.45 bits per heavy atom. The van der Waals surface area contributed by atoms with E-state index < -0.39 is 0 Å². The van der Waals surface area contributed by atoms with Gasteiger partial charge in [-0.05, 0) is 23.9 Å². The molecule has 2 aliphatic rings. The second kappa shape index (κ2) is 7.08. The molecular weight excluding hydrogens is 300 g/mol. The molecule has 1 saturated heterocycles. The van der Waals surface area contributed by atoms with Crippen LogP contribution < -0.4 is 0 Å². The molecule has 0 aromatic carbocycles. The van der Waals surface area contributed by atoms with Crippen molar-refractivity contribution in [1.82, 2.24) is 9.80 Å². The van der Waals surface area contributed by atoms with Gasteiger partial charge in [-0.3, -0.25) is 9.69 Å². The lowest BCUT2D eigenvalue weighted by molar-refractivity contribution is -0.136. The molecule has 1 N–H and O–H groups in total. The van der Waals surface area contributed by atoms with Crippen LogP contribution in [0.5, 0.6) is 0 Å². The number of carbonyl (C=O) groups excluding carboxylic acids is 1. The van der Waals surface area contributed by atoms with Crippen molar-refractivity contribution in [2.45, 2.75) is 32.0 Å². The Morgan fingerprint density at radius 3 is 2.95 bits per heavy atom. The molecule has 1 fully saturated rings. The number of rotatable bonds is 4. The molecule has 0 saturated carbocycles. The number of piperazine rings is 1. The minimum Gasteiger partial charge on any atom is -0.392 e. The lowest BCUT2D eigenvalue weighted by Crippen LogP contribution is -2.50. The Kier molecular flexibility index (Phi) is 5.13. The van der Waals surface area contributed by atoms with Gasteiger partial charge in [0, 0.05) is 44.0 Å². The third kappa shape index (κ3) is 3.68. The highest BCUT2D eigenvalue weighted by Gasteiger charge is 2.28. The number of aliphatic hydroxyl groups excluding tert-OH is 1. The molecule has 1 aromatic rings. The molecule has 0 bridgehead atoms. The first-order chi connectivity index (χ1) is 10.6. The van der Waals surface area contributed by atoms with E-state index in [1.54, 1.807) is 18.3 Å². The molecule has 1 aromatic heterocycles. The number of hydrogen-bond acceptors (Lipinski definition) is 5. The molecular formula is C16H24N2O3S. The molecule has 1 amide bonds. The molecule has 2 aliphatic heterocycles. The lowest BCUT2D eigenvalue weighted by Gasteiger charge is -2.36. The van der Waals surface area contributed by atoms with Crippen LogP contribution in [0.3, 0.4) is 0 Å². The summed E-state index contributed by atoms with van der Waals surface area (Å²) in [4.78, 5) is 18.0. The van der Waals surface area contributed by atoms with Crippen molar-refractivity contribution in [3.63, 3.8) is 0 Å². The van der Waals surface area contributed by atoms with Gasteiger partial charge in [0.2, 0.25) is 5.91 Å². The van der Waals surface area contributed by atoms with E-state index in [-0.39, 0.29) is 18.1 Å². The minimum atomic E-state index is -0.310. The topological polar surface area (TPSA) is 53.0 Å². The summed E-state index contributed by atoms with van der Waals surface area (Å²) in [5.74, 6) is 0.181. The predicted octanol–water partition coefficient (Wildman–Crippen LogP) is 1.28. The second-order valence-corrected chi connectivity index (χ2v) is 7.14. The summed E-state index contributed by atoms with van der Waals surface area (Å²) in [6.07, 6.45) is 1.03. The molecule has 3 rings (SSSR count). The molecule has 6 heteroatoms. The van der Waals surface area contributed by atoms with E-state index in [2.05, 4.69) is 16.3 Å². The largest absolute Gasteiger partial charge is 0.392 e. The fourth-order valence-electron chi connectivity index (χ4n) is 3.23. The normalized spacial score (nSPS) is 24.1. The Balaban J connectivity index is 1.52.